The predicted octanol–water partition coefficient (Wildman–Crippen LogP) is 7.33. The zero-order valence-electron chi connectivity index (χ0n) is 25.0. The van der Waals surface area contributed by atoms with Crippen LogP contribution in [0.2, 0.25) is 0 Å². The Balaban J connectivity index is 1.31. The zero-order valence-corrected chi connectivity index (χ0v) is 25.9. The van der Waals surface area contributed by atoms with Crippen molar-refractivity contribution in [1.82, 2.24) is 10.6 Å². The van der Waals surface area contributed by atoms with Gasteiger partial charge in [0.1, 0.15) is 5.57 Å². The molecule has 4 aromatic rings. The first-order valence-electron chi connectivity index (χ1n) is 14.9. The molecule has 2 N–H and O–H groups in total. The highest BCUT2D eigenvalue weighted by Gasteiger charge is 2.40. The number of hydrogen-bond donors (Lipinski definition) is 2. The van der Waals surface area contributed by atoms with E-state index in [-0.39, 0.29) is 21.5 Å². The van der Waals surface area contributed by atoms with Crippen LogP contribution < -0.4 is 15.5 Å². The number of allylic oxidation sites excluding steroid dienone is 3. The van der Waals surface area contributed by atoms with Crippen LogP contribution in [0.1, 0.15) is 55.5 Å². The van der Waals surface area contributed by atoms with Gasteiger partial charge >= 0.3 is 0 Å². The van der Waals surface area contributed by atoms with Crippen LogP contribution in [-0.4, -0.2) is 16.9 Å². The minimum Gasteiger partial charge on any atom is -0.314 e. The number of carbonyl (C=O) groups is 2. The van der Waals surface area contributed by atoms with E-state index in [1.807, 2.05) is 6.08 Å². The summed E-state index contributed by atoms with van der Waals surface area (Å²) in [4.78, 5) is 27.6. The molecule has 216 valence electrons. The van der Waals surface area contributed by atoms with Crippen molar-refractivity contribution in [2.75, 3.05) is 4.90 Å². The molecular weight excluding hydrogens is 563 g/mol. The fraction of sp³-hybridized carbons (Fsp3) is 0.184. The Morgan fingerprint density at radius 2 is 1.25 bits per heavy atom. The largest absolute Gasteiger partial charge is 0.314 e. The van der Waals surface area contributed by atoms with E-state index in [9.17, 15) is 9.59 Å². The third-order valence-corrected chi connectivity index (χ3v) is 10.1. The van der Waals surface area contributed by atoms with E-state index < -0.39 is 11.8 Å². The highest BCUT2D eigenvalue weighted by atomic mass is 32.1. The van der Waals surface area contributed by atoms with Crippen molar-refractivity contribution in [2.24, 2.45) is 0 Å². The fourth-order valence-corrected chi connectivity index (χ4v) is 7.82. The van der Waals surface area contributed by atoms with E-state index in [4.69, 9.17) is 12.2 Å². The number of hydrogen-bond acceptors (Lipinski definition) is 4. The Labute approximate surface area is 262 Å². The Hall–Kier alpha value is -4.81. The molecule has 0 spiro atoms. The average Bonchev–Trinajstić information content (AvgIpc) is 3.55. The van der Waals surface area contributed by atoms with Crippen LogP contribution in [0.4, 0.5) is 11.4 Å². The molecular formula is C38H31N3O2S. The number of amides is 2. The van der Waals surface area contributed by atoms with Crippen LogP contribution in [-0.2, 0) is 26.8 Å². The van der Waals surface area contributed by atoms with Crippen LogP contribution >= 0.6 is 12.2 Å². The molecule has 1 saturated heterocycles. The molecule has 2 heterocycles. The maximum Gasteiger partial charge on any atom is 0.263 e. The second kappa shape index (κ2) is 9.10. The van der Waals surface area contributed by atoms with Crippen molar-refractivity contribution >= 4 is 40.5 Å². The molecule has 0 aromatic heterocycles. The molecule has 0 radical (unpaired) electrons. The number of anilines is 2. The minimum atomic E-state index is -0.493. The van der Waals surface area contributed by atoms with Gasteiger partial charge < -0.3 is 4.90 Å². The molecule has 0 saturated carbocycles. The predicted molar refractivity (Wildman–Crippen MR) is 179 cm³/mol. The second-order valence-electron chi connectivity index (χ2n) is 13.1. The number of thiocarbonyl (C=S) groups is 1. The Bertz CT molecular complexity index is 2040. The van der Waals surface area contributed by atoms with E-state index >= 15 is 0 Å². The summed E-state index contributed by atoms with van der Waals surface area (Å²) >= 11 is 4.99. The van der Waals surface area contributed by atoms with Crippen LogP contribution in [0.5, 0.6) is 0 Å². The van der Waals surface area contributed by atoms with Crippen molar-refractivity contribution in [1.29, 1.82) is 0 Å². The van der Waals surface area contributed by atoms with Crippen molar-refractivity contribution < 1.29 is 9.59 Å². The van der Waals surface area contributed by atoms with Gasteiger partial charge in [0.25, 0.3) is 11.8 Å². The summed E-state index contributed by atoms with van der Waals surface area (Å²) < 4.78 is 0. The molecule has 8 rings (SSSR count). The molecule has 2 aliphatic carbocycles. The molecule has 5 nitrogen and oxygen atoms in total. The van der Waals surface area contributed by atoms with Gasteiger partial charge in [-0.3, -0.25) is 20.2 Å². The van der Waals surface area contributed by atoms with Crippen LogP contribution in [0, 0.1) is 0 Å². The number of carbonyl (C=O) groups excluding carboxylic acids is 2. The molecule has 2 amide bonds. The highest BCUT2D eigenvalue weighted by Crippen LogP contribution is 2.54. The summed E-state index contributed by atoms with van der Waals surface area (Å²) in [5.74, 6) is -0.987. The highest BCUT2D eigenvalue weighted by molar-refractivity contribution is 7.80. The van der Waals surface area contributed by atoms with Crippen molar-refractivity contribution in [3.05, 3.63) is 130 Å². The third kappa shape index (κ3) is 3.67. The molecule has 0 bridgehead atoms. The topological polar surface area (TPSA) is 61.4 Å². The molecule has 2 aliphatic heterocycles. The van der Waals surface area contributed by atoms with Crippen LogP contribution in [0.25, 0.3) is 22.3 Å². The normalized spacial score (nSPS) is 19.2. The summed E-state index contributed by atoms with van der Waals surface area (Å²) in [7, 11) is 0. The second-order valence-corrected chi connectivity index (χ2v) is 13.5. The molecule has 0 unspecified atom stereocenters. The summed E-state index contributed by atoms with van der Waals surface area (Å²) in [6, 6.07) is 28.8. The van der Waals surface area contributed by atoms with E-state index in [0.717, 1.165) is 17.1 Å². The maximum atomic E-state index is 12.7. The first-order valence-corrected chi connectivity index (χ1v) is 15.4. The molecule has 0 atom stereocenters. The summed E-state index contributed by atoms with van der Waals surface area (Å²) in [5.41, 5.74) is 14.5. The first kappa shape index (κ1) is 26.8. The quantitative estimate of drug-likeness (QED) is 0.145. The van der Waals surface area contributed by atoms with Gasteiger partial charge in [0, 0.05) is 34.3 Å². The maximum absolute atomic E-state index is 12.7. The molecule has 6 heteroatoms. The zero-order chi connectivity index (χ0) is 30.5. The first-order chi connectivity index (χ1) is 21.1. The standard InChI is InChI=1S/C38H31N3O2S/c1-37(2)29-11-7-5-9-24(29)26-15-13-23(19-31(26)37)41-22(14-16-27-34(42)39-36(44)40-35(27)43)17-21-18-28-25-10-6-8-12-30(25)38(3,4)32(28)20-33(21)41/h5-16,18-20H,17H2,1-4H3,(H2,39,40,42,43,44)/b22-14+. The van der Waals surface area contributed by atoms with Crippen LogP contribution in [0.3, 0.4) is 0 Å². The van der Waals surface area contributed by atoms with Gasteiger partial charge in [-0.1, -0.05) is 82.3 Å². The van der Waals surface area contributed by atoms with Gasteiger partial charge in [-0.15, -0.1) is 0 Å². The monoisotopic (exact) mass is 593 g/mol. The Kier molecular flexibility index (Phi) is 5.54. The van der Waals surface area contributed by atoms with Crippen molar-refractivity contribution in [3.63, 3.8) is 0 Å². The molecule has 4 aromatic carbocycles. The average molecular weight is 594 g/mol. The number of rotatable bonds is 2. The van der Waals surface area contributed by atoms with Crippen LogP contribution in [0.15, 0.2) is 102 Å². The van der Waals surface area contributed by atoms with Gasteiger partial charge in [-0.25, -0.2) is 0 Å². The lowest BCUT2D eigenvalue weighted by molar-refractivity contribution is -0.123. The van der Waals surface area contributed by atoms with Crippen molar-refractivity contribution in [3.8, 4) is 22.3 Å². The fourth-order valence-electron chi connectivity index (χ4n) is 7.64. The van der Waals surface area contributed by atoms with Gasteiger partial charge in [-0.05, 0) is 98.7 Å². The van der Waals surface area contributed by atoms with E-state index in [1.54, 1.807) is 6.08 Å². The number of nitrogens with zero attached hydrogens (tertiary/aromatic N) is 1. The Morgan fingerprint density at radius 3 is 1.91 bits per heavy atom. The van der Waals surface area contributed by atoms with Gasteiger partial charge in [-0.2, -0.15) is 0 Å². The van der Waals surface area contributed by atoms with Crippen molar-refractivity contribution in [2.45, 2.75) is 44.9 Å². The lowest BCUT2D eigenvalue weighted by atomic mass is 9.82. The van der Waals surface area contributed by atoms with Gasteiger partial charge in [0.05, 0.1) is 0 Å². The lowest BCUT2D eigenvalue weighted by Crippen LogP contribution is -2.51. The number of nitrogens with one attached hydrogen (secondary N) is 2. The van der Waals surface area contributed by atoms with E-state index in [2.05, 4.69) is 122 Å². The lowest BCUT2D eigenvalue weighted by Gasteiger charge is -2.27. The van der Waals surface area contributed by atoms with Gasteiger partial charge in [0.15, 0.2) is 5.11 Å². The third-order valence-electron chi connectivity index (χ3n) is 9.89. The van der Waals surface area contributed by atoms with Gasteiger partial charge in [0.2, 0.25) is 0 Å². The van der Waals surface area contributed by atoms with E-state index in [0.29, 0.717) is 6.42 Å². The minimum absolute atomic E-state index is 0.0267. The van der Waals surface area contributed by atoms with E-state index in [1.165, 1.54) is 50.1 Å². The summed E-state index contributed by atoms with van der Waals surface area (Å²) in [6.07, 6.45) is 4.18. The summed E-state index contributed by atoms with van der Waals surface area (Å²) in [5, 5.41) is 5.10. The molecule has 44 heavy (non-hydrogen) atoms. The number of fused-ring (bicyclic) bond motifs is 7. The summed E-state index contributed by atoms with van der Waals surface area (Å²) in [6.45, 7) is 9.17. The SMILES string of the molecule is CC1(C)c2ccccc2-c2ccc(N3/C(=C/C=C4C(=O)NC(=S)NC4=O)Cc4cc5c(cc43)C(C)(C)c3ccccc3-5)cc21. The number of benzene rings is 4. The molecule has 1 fully saturated rings. The smallest absolute Gasteiger partial charge is 0.263 e. The Morgan fingerprint density at radius 1 is 0.682 bits per heavy atom. The molecule has 4 aliphatic rings.